The van der Waals surface area contributed by atoms with Gasteiger partial charge in [0.25, 0.3) is 0 Å². The molecule has 0 amide bonds. The monoisotopic (exact) mass is 335 g/mol. The summed E-state index contributed by atoms with van der Waals surface area (Å²) in [5.41, 5.74) is 0.837. The van der Waals surface area contributed by atoms with Crippen LogP contribution in [-0.2, 0) is 16.6 Å². The minimum absolute atomic E-state index is 0.0454. The molecular formula is C13H21NO3S3. The standard InChI is InChI=1S/C13H21NO3S3/c1-3-18-11-5-4-10(7-11)14-20(16,17)13-6-9(2)12(8-15)19-13/h6,10-11,14-15H,3-5,7-8H2,1-2H3. The molecule has 1 aliphatic rings. The van der Waals surface area contributed by atoms with Gasteiger partial charge in [-0.25, -0.2) is 13.1 Å². The van der Waals surface area contributed by atoms with Crippen LogP contribution in [0.2, 0.25) is 0 Å². The van der Waals surface area contributed by atoms with Crippen LogP contribution in [0.25, 0.3) is 0 Å². The lowest BCUT2D eigenvalue weighted by molar-refractivity contribution is 0.285. The maximum atomic E-state index is 12.3. The van der Waals surface area contributed by atoms with Crippen molar-refractivity contribution in [3.63, 3.8) is 0 Å². The third kappa shape index (κ3) is 3.76. The van der Waals surface area contributed by atoms with Crippen LogP contribution >= 0.6 is 23.1 Å². The average molecular weight is 336 g/mol. The van der Waals surface area contributed by atoms with Crippen LogP contribution in [0.1, 0.15) is 36.6 Å². The number of aryl methyl sites for hydroxylation is 1. The Bertz CT molecular complexity index is 553. The van der Waals surface area contributed by atoms with Gasteiger partial charge < -0.3 is 5.11 Å². The van der Waals surface area contributed by atoms with Crippen LogP contribution in [0.15, 0.2) is 10.3 Å². The van der Waals surface area contributed by atoms with Crippen molar-refractivity contribution in [3.8, 4) is 0 Å². The van der Waals surface area contributed by atoms with Gasteiger partial charge in [0, 0.05) is 16.2 Å². The van der Waals surface area contributed by atoms with Crippen LogP contribution in [-0.4, -0.2) is 30.6 Å². The second-order valence-corrected chi connectivity index (χ2v) is 9.69. The van der Waals surface area contributed by atoms with Crippen molar-refractivity contribution >= 4 is 33.1 Å². The van der Waals surface area contributed by atoms with Crippen LogP contribution in [0.3, 0.4) is 0 Å². The number of sulfonamides is 1. The third-order valence-electron chi connectivity index (χ3n) is 3.52. The molecule has 114 valence electrons. The van der Waals surface area contributed by atoms with Crippen LogP contribution < -0.4 is 4.72 Å². The van der Waals surface area contributed by atoms with Gasteiger partial charge in [-0.1, -0.05) is 6.92 Å². The number of thioether (sulfide) groups is 1. The summed E-state index contributed by atoms with van der Waals surface area (Å²) in [6.07, 6.45) is 2.90. The lowest BCUT2D eigenvalue weighted by Crippen LogP contribution is -2.32. The highest BCUT2D eigenvalue weighted by Crippen LogP contribution is 2.32. The van der Waals surface area contributed by atoms with Crippen molar-refractivity contribution < 1.29 is 13.5 Å². The van der Waals surface area contributed by atoms with Gasteiger partial charge in [-0.3, -0.25) is 0 Å². The second kappa shape index (κ2) is 6.79. The molecule has 0 aliphatic heterocycles. The molecule has 1 aromatic heterocycles. The summed E-state index contributed by atoms with van der Waals surface area (Å²) in [5.74, 6) is 1.08. The van der Waals surface area contributed by atoms with Crippen LogP contribution in [0.4, 0.5) is 0 Å². The number of aliphatic hydroxyl groups is 1. The molecule has 1 aromatic rings. The first-order valence-corrected chi connectivity index (χ1v) is 10.1. The highest BCUT2D eigenvalue weighted by Gasteiger charge is 2.29. The number of hydrogen-bond donors (Lipinski definition) is 2. The Morgan fingerprint density at radius 3 is 2.85 bits per heavy atom. The van der Waals surface area contributed by atoms with Crippen molar-refractivity contribution in [1.29, 1.82) is 0 Å². The minimum Gasteiger partial charge on any atom is -0.391 e. The maximum Gasteiger partial charge on any atom is 0.250 e. The predicted octanol–water partition coefficient (Wildman–Crippen LogP) is 2.50. The van der Waals surface area contributed by atoms with Crippen molar-refractivity contribution in [2.24, 2.45) is 0 Å². The van der Waals surface area contributed by atoms with E-state index in [-0.39, 0.29) is 12.6 Å². The summed E-state index contributed by atoms with van der Waals surface area (Å²) >= 11 is 3.06. The quantitative estimate of drug-likeness (QED) is 0.838. The highest BCUT2D eigenvalue weighted by atomic mass is 32.2. The van der Waals surface area contributed by atoms with Gasteiger partial charge in [-0.05, 0) is 43.6 Å². The van der Waals surface area contributed by atoms with Crippen molar-refractivity contribution in [2.75, 3.05) is 5.75 Å². The summed E-state index contributed by atoms with van der Waals surface area (Å²) < 4.78 is 27.8. The lowest BCUT2D eigenvalue weighted by Gasteiger charge is -2.12. The zero-order valence-electron chi connectivity index (χ0n) is 11.8. The summed E-state index contributed by atoms with van der Waals surface area (Å²) in [7, 11) is -3.45. The molecule has 1 saturated carbocycles. The van der Waals surface area contributed by atoms with Crippen molar-refractivity contribution in [1.82, 2.24) is 4.72 Å². The fourth-order valence-electron chi connectivity index (χ4n) is 2.49. The van der Waals surface area contributed by atoms with E-state index in [0.29, 0.717) is 9.46 Å². The molecule has 1 fully saturated rings. The zero-order valence-corrected chi connectivity index (χ0v) is 14.2. The van der Waals surface area contributed by atoms with E-state index in [0.717, 1.165) is 46.8 Å². The average Bonchev–Trinajstić information content (AvgIpc) is 2.96. The Balaban J connectivity index is 2.04. The number of aliphatic hydroxyl groups excluding tert-OH is 1. The van der Waals surface area contributed by atoms with Gasteiger partial charge in [0.1, 0.15) is 4.21 Å². The van der Waals surface area contributed by atoms with Gasteiger partial charge in [0.05, 0.1) is 6.61 Å². The number of hydrogen-bond acceptors (Lipinski definition) is 5. The van der Waals surface area contributed by atoms with Crippen molar-refractivity contribution in [3.05, 3.63) is 16.5 Å². The number of rotatable bonds is 6. The van der Waals surface area contributed by atoms with Crippen molar-refractivity contribution in [2.45, 2.75) is 55.2 Å². The van der Waals surface area contributed by atoms with Crippen LogP contribution in [0.5, 0.6) is 0 Å². The first kappa shape index (κ1) is 16.3. The summed E-state index contributed by atoms with van der Waals surface area (Å²) in [6, 6.07) is 1.69. The molecule has 1 aliphatic carbocycles. The fourth-order valence-corrected chi connectivity index (χ4v) is 6.38. The normalized spacial score (nSPS) is 23.4. The van der Waals surface area contributed by atoms with E-state index in [1.807, 2.05) is 18.7 Å². The van der Waals surface area contributed by atoms with Crippen LogP contribution in [0, 0.1) is 6.92 Å². The Kier molecular flexibility index (Phi) is 5.53. The molecule has 0 bridgehead atoms. The molecule has 0 aromatic carbocycles. The smallest absolute Gasteiger partial charge is 0.250 e. The topological polar surface area (TPSA) is 66.4 Å². The Morgan fingerprint density at radius 1 is 1.50 bits per heavy atom. The molecule has 1 heterocycles. The van der Waals surface area contributed by atoms with E-state index in [9.17, 15) is 8.42 Å². The van der Waals surface area contributed by atoms with Gasteiger partial charge in [0.15, 0.2) is 0 Å². The summed E-state index contributed by atoms with van der Waals surface area (Å²) in [4.78, 5) is 0.719. The summed E-state index contributed by atoms with van der Waals surface area (Å²) in [5, 5.41) is 9.74. The first-order chi connectivity index (χ1) is 9.46. The van der Waals surface area contributed by atoms with E-state index in [1.165, 1.54) is 0 Å². The Hall–Kier alpha value is -0.0800. The molecule has 2 atom stereocenters. The summed E-state index contributed by atoms with van der Waals surface area (Å²) in [6.45, 7) is 3.85. The Labute approximate surface area is 129 Å². The van der Waals surface area contributed by atoms with Gasteiger partial charge in [-0.2, -0.15) is 11.8 Å². The highest BCUT2D eigenvalue weighted by molar-refractivity contribution is 7.99. The fraction of sp³-hybridized carbons (Fsp3) is 0.692. The molecule has 0 saturated heterocycles. The SMILES string of the molecule is CCSC1CCC(NS(=O)(=O)c2cc(C)c(CO)s2)C1. The zero-order chi connectivity index (χ0) is 14.8. The number of thiophene rings is 1. The van der Waals surface area contributed by atoms with Gasteiger partial charge in [-0.15, -0.1) is 11.3 Å². The van der Waals surface area contributed by atoms with Gasteiger partial charge in [0.2, 0.25) is 10.0 Å². The Morgan fingerprint density at radius 2 is 2.25 bits per heavy atom. The largest absolute Gasteiger partial charge is 0.391 e. The predicted molar refractivity (Wildman–Crippen MR) is 84.9 cm³/mol. The molecule has 0 radical (unpaired) electrons. The van der Waals surface area contributed by atoms with E-state index < -0.39 is 10.0 Å². The van der Waals surface area contributed by atoms with E-state index in [1.54, 1.807) is 6.07 Å². The molecule has 0 spiro atoms. The second-order valence-electron chi connectivity index (χ2n) is 5.04. The molecule has 2 N–H and O–H groups in total. The molecule has 20 heavy (non-hydrogen) atoms. The lowest BCUT2D eigenvalue weighted by atomic mass is 10.3. The minimum atomic E-state index is -3.45. The molecular weight excluding hydrogens is 314 g/mol. The molecule has 7 heteroatoms. The first-order valence-electron chi connectivity index (χ1n) is 6.80. The molecule has 4 nitrogen and oxygen atoms in total. The van der Waals surface area contributed by atoms with E-state index in [4.69, 9.17) is 5.11 Å². The van der Waals surface area contributed by atoms with E-state index in [2.05, 4.69) is 11.6 Å². The molecule has 2 unspecified atom stereocenters. The maximum absolute atomic E-state index is 12.3. The number of nitrogens with one attached hydrogen (secondary N) is 1. The van der Waals surface area contributed by atoms with Gasteiger partial charge >= 0.3 is 0 Å². The molecule has 2 rings (SSSR count). The van der Waals surface area contributed by atoms with E-state index >= 15 is 0 Å². The third-order valence-corrected chi connectivity index (χ3v) is 7.96.